The summed E-state index contributed by atoms with van der Waals surface area (Å²) in [5.41, 5.74) is 1.55. The van der Waals surface area contributed by atoms with E-state index in [0.717, 1.165) is 0 Å². The molecular formula is C20H22N4O5. The molecule has 3 rings (SSSR count). The maximum Gasteiger partial charge on any atom is 0.344 e. The second kappa shape index (κ2) is 7.78. The number of rotatable bonds is 5. The summed E-state index contributed by atoms with van der Waals surface area (Å²) in [6.07, 6.45) is -1.12. The van der Waals surface area contributed by atoms with Crippen LogP contribution in [0.2, 0.25) is 0 Å². The first-order valence-corrected chi connectivity index (χ1v) is 9.01. The molecule has 0 saturated heterocycles. The van der Waals surface area contributed by atoms with Crippen molar-refractivity contribution >= 4 is 17.6 Å². The summed E-state index contributed by atoms with van der Waals surface area (Å²) in [6, 6.07) is 9.07. The lowest BCUT2D eigenvalue weighted by atomic mass is 10.2. The van der Waals surface area contributed by atoms with Gasteiger partial charge < -0.3 is 14.6 Å². The van der Waals surface area contributed by atoms with E-state index in [1.54, 1.807) is 44.6 Å². The van der Waals surface area contributed by atoms with Gasteiger partial charge in [-0.05, 0) is 39.8 Å². The predicted molar refractivity (Wildman–Crippen MR) is 105 cm³/mol. The number of carbonyl (C=O) groups excluding carboxylic acids is 2. The van der Waals surface area contributed by atoms with Crippen molar-refractivity contribution in [2.75, 3.05) is 5.32 Å². The van der Waals surface area contributed by atoms with Crippen molar-refractivity contribution in [3.63, 3.8) is 0 Å². The topological polar surface area (TPSA) is 108 Å². The molecule has 0 saturated carbocycles. The average molecular weight is 398 g/mol. The number of hydrogen-bond donors (Lipinski definition) is 1. The lowest BCUT2D eigenvalue weighted by Crippen LogP contribution is -2.32. The Kier molecular flexibility index (Phi) is 5.40. The van der Waals surface area contributed by atoms with E-state index in [-0.39, 0.29) is 16.8 Å². The van der Waals surface area contributed by atoms with Crippen LogP contribution in [0.15, 0.2) is 39.6 Å². The number of nitrogens with one attached hydrogen (secondary N) is 1. The first kappa shape index (κ1) is 20.1. The second-order valence-electron chi connectivity index (χ2n) is 6.67. The Hall–Kier alpha value is -3.62. The minimum Gasteiger partial charge on any atom is -0.449 e. The summed E-state index contributed by atoms with van der Waals surface area (Å²) in [4.78, 5) is 37.8. The zero-order valence-electron chi connectivity index (χ0n) is 16.8. The third-order valence-electron chi connectivity index (χ3n) is 4.69. The molecule has 9 nitrogen and oxygen atoms in total. The molecule has 3 aromatic rings. The summed E-state index contributed by atoms with van der Waals surface area (Å²) in [6.45, 7) is 6.34. The molecule has 1 atom stereocenters. The van der Waals surface area contributed by atoms with Gasteiger partial charge in [0.05, 0.1) is 17.1 Å². The van der Waals surface area contributed by atoms with Crippen molar-refractivity contribution in [3.05, 3.63) is 63.4 Å². The van der Waals surface area contributed by atoms with Crippen LogP contribution in [0, 0.1) is 20.8 Å². The van der Waals surface area contributed by atoms with Crippen molar-refractivity contribution in [1.82, 2.24) is 14.5 Å². The molecular weight excluding hydrogens is 376 g/mol. The molecule has 2 heterocycles. The standard InChI is InChI=1S/C20H22N4O5/c1-11-16(13(3)29-22-11)20(27)28-14(4)18(25)21-17-12(2)23(5)24(19(17)26)15-9-7-6-8-10-15/h6-10,14H,1-5H3,(H,21,25). The Morgan fingerprint density at radius 2 is 1.83 bits per heavy atom. The SMILES string of the molecule is Cc1noc(C)c1C(=O)OC(C)C(=O)Nc1c(C)n(C)n(-c2ccccc2)c1=O. The zero-order valence-corrected chi connectivity index (χ0v) is 16.8. The molecule has 2 aromatic heterocycles. The Balaban J connectivity index is 1.81. The fourth-order valence-corrected chi connectivity index (χ4v) is 2.98. The molecule has 29 heavy (non-hydrogen) atoms. The van der Waals surface area contributed by atoms with Gasteiger partial charge in [-0.15, -0.1) is 0 Å². The minimum absolute atomic E-state index is 0.126. The van der Waals surface area contributed by atoms with Crippen LogP contribution in [0.4, 0.5) is 5.69 Å². The number of carbonyl (C=O) groups is 2. The van der Waals surface area contributed by atoms with Crippen LogP contribution in [-0.4, -0.2) is 32.5 Å². The van der Waals surface area contributed by atoms with Gasteiger partial charge in [-0.1, -0.05) is 23.4 Å². The summed E-state index contributed by atoms with van der Waals surface area (Å²) in [5.74, 6) is -1.02. The second-order valence-corrected chi connectivity index (χ2v) is 6.67. The maximum atomic E-state index is 12.9. The fraction of sp³-hybridized carbons (Fsp3) is 0.300. The molecule has 0 spiro atoms. The van der Waals surface area contributed by atoms with E-state index >= 15 is 0 Å². The molecule has 1 aromatic carbocycles. The third-order valence-corrected chi connectivity index (χ3v) is 4.69. The molecule has 9 heteroatoms. The number of aromatic nitrogens is 3. The minimum atomic E-state index is -1.12. The highest BCUT2D eigenvalue weighted by Gasteiger charge is 2.26. The number of ether oxygens (including phenoxy) is 1. The van der Waals surface area contributed by atoms with E-state index in [1.165, 1.54) is 11.6 Å². The van der Waals surface area contributed by atoms with Gasteiger partial charge in [0.15, 0.2) is 6.10 Å². The molecule has 1 amide bonds. The Bertz CT molecular complexity index is 1100. The van der Waals surface area contributed by atoms with Crippen LogP contribution in [0.25, 0.3) is 5.69 Å². The van der Waals surface area contributed by atoms with E-state index in [9.17, 15) is 14.4 Å². The van der Waals surface area contributed by atoms with Crippen LogP contribution in [0.5, 0.6) is 0 Å². The van der Waals surface area contributed by atoms with Gasteiger partial charge in [0.1, 0.15) is 17.0 Å². The quantitative estimate of drug-likeness (QED) is 0.661. The Morgan fingerprint density at radius 1 is 1.17 bits per heavy atom. The number of esters is 1. The normalized spacial score (nSPS) is 11.9. The van der Waals surface area contributed by atoms with Crippen molar-refractivity contribution in [3.8, 4) is 5.69 Å². The highest BCUT2D eigenvalue weighted by Crippen LogP contribution is 2.17. The largest absolute Gasteiger partial charge is 0.449 e. The molecule has 0 aliphatic carbocycles. The van der Waals surface area contributed by atoms with Crippen LogP contribution in [0.3, 0.4) is 0 Å². The van der Waals surface area contributed by atoms with E-state index in [1.807, 2.05) is 18.2 Å². The van der Waals surface area contributed by atoms with Crippen LogP contribution >= 0.6 is 0 Å². The van der Waals surface area contributed by atoms with Crippen molar-refractivity contribution < 1.29 is 18.8 Å². The lowest BCUT2D eigenvalue weighted by molar-refractivity contribution is -0.123. The predicted octanol–water partition coefficient (Wildman–Crippen LogP) is 2.27. The summed E-state index contributed by atoms with van der Waals surface area (Å²) in [7, 11) is 1.72. The highest BCUT2D eigenvalue weighted by atomic mass is 16.5. The molecule has 0 aliphatic heterocycles. The average Bonchev–Trinajstić information content (AvgIpc) is 3.13. The molecule has 0 radical (unpaired) electrons. The highest BCUT2D eigenvalue weighted by molar-refractivity contribution is 5.98. The van der Waals surface area contributed by atoms with E-state index in [2.05, 4.69) is 10.5 Å². The monoisotopic (exact) mass is 398 g/mol. The van der Waals surface area contributed by atoms with Gasteiger partial charge in [-0.25, -0.2) is 9.48 Å². The number of amides is 1. The molecule has 1 unspecified atom stereocenters. The van der Waals surface area contributed by atoms with E-state index < -0.39 is 18.0 Å². The Morgan fingerprint density at radius 3 is 2.41 bits per heavy atom. The lowest BCUT2D eigenvalue weighted by Gasteiger charge is -2.12. The maximum absolute atomic E-state index is 12.9. The van der Waals surface area contributed by atoms with E-state index in [0.29, 0.717) is 22.8 Å². The van der Waals surface area contributed by atoms with Crippen molar-refractivity contribution in [2.24, 2.45) is 7.05 Å². The van der Waals surface area contributed by atoms with Gasteiger partial charge in [-0.3, -0.25) is 14.3 Å². The van der Waals surface area contributed by atoms with Crippen LogP contribution in [0.1, 0.15) is 34.4 Å². The number of hydrogen-bond acceptors (Lipinski definition) is 6. The number of nitrogens with zero attached hydrogens (tertiary/aromatic N) is 3. The summed E-state index contributed by atoms with van der Waals surface area (Å²) in [5, 5.41) is 6.28. The smallest absolute Gasteiger partial charge is 0.344 e. The molecule has 152 valence electrons. The third kappa shape index (κ3) is 3.71. The van der Waals surface area contributed by atoms with Crippen molar-refractivity contribution in [1.29, 1.82) is 0 Å². The number of benzene rings is 1. The first-order chi connectivity index (χ1) is 13.7. The number of anilines is 1. The molecule has 1 N–H and O–H groups in total. The van der Waals surface area contributed by atoms with Gasteiger partial charge >= 0.3 is 5.97 Å². The summed E-state index contributed by atoms with van der Waals surface area (Å²) >= 11 is 0. The van der Waals surface area contributed by atoms with Gasteiger partial charge in [0.2, 0.25) is 0 Å². The number of para-hydroxylation sites is 1. The van der Waals surface area contributed by atoms with E-state index in [4.69, 9.17) is 9.26 Å². The van der Waals surface area contributed by atoms with Crippen molar-refractivity contribution in [2.45, 2.75) is 33.8 Å². The summed E-state index contributed by atoms with van der Waals surface area (Å²) < 4.78 is 13.3. The number of aryl methyl sites for hydroxylation is 2. The molecule has 0 aliphatic rings. The molecule has 0 bridgehead atoms. The zero-order chi connectivity index (χ0) is 21.3. The van der Waals surface area contributed by atoms with Gasteiger partial charge in [0, 0.05) is 7.05 Å². The van der Waals surface area contributed by atoms with Crippen LogP contribution in [-0.2, 0) is 16.6 Å². The fourth-order valence-electron chi connectivity index (χ4n) is 2.98. The van der Waals surface area contributed by atoms with Crippen LogP contribution < -0.4 is 10.9 Å². The van der Waals surface area contributed by atoms with Gasteiger partial charge in [-0.2, -0.15) is 0 Å². The Labute approximate surface area is 166 Å². The first-order valence-electron chi connectivity index (χ1n) is 9.01. The molecule has 0 fully saturated rings. The van der Waals surface area contributed by atoms with Gasteiger partial charge in [0.25, 0.3) is 11.5 Å².